The van der Waals surface area contributed by atoms with E-state index < -0.39 is 0 Å². The highest BCUT2D eigenvalue weighted by Crippen LogP contribution is 2.31. The van der Waals surface area contributed by atoms with Crippen LogP contribution in [0.3, 0.4) is 0 Å². The molecule has 11 heavy (non-hydrogen) atoms. The van der Waals surface area contributed by atoms with Crippen molar-refractivity contribution in [3.05, 3.63) is 0 Å². The van der Waals surface area contributed by atoms with Crippen LogP contribution in [-0.2, 0) is 3.07 Å². The molecule has 1 rings (SSSR count). The summed E-state index contributed by atoms with van der Waals surface area (Å²) in [5.74, 6) is 1.77. The quantitative estimate of drug-likeness (QED) is 0.696. The third-order valence-electron chi connectivity index (χ3n) is 2.86. The Labute approximate surface area is 83.6 Å². The van der Waals surface area contributed by atoms with Crippen LogP contribution in [0.1, 0.15) is 39.5 Å². The molecule has 0 aromatic rings. The third-order valence-corrected chi connectivity index (χ3v) is 3.67. The topological polar surface area (TPSA) is 9.23 Å². The predicted molar refractivity (Wildman–Crippen MR) is 55.7 cm³/mol. The van der Waals surface area contributed by atoms with Crippen molar-refractivity contribution >= 4 is 23.0 Å². The second kappa shape index (κ2) is 4.65. The highest BCUT2D eigenvalue weighted by molar-refractivity contribution is 14.1. The van der Waals surface area contributed by atoms with Gasteiger partial charge in [-0.25, -0.2) is 0 Å². The van der Waals surface area contributed by atoms with Crippen LogP contribution in [0, 0.1) is 11.8 Å². The molecule has 0 spiro atoms. The van der Waals surface area contributed by atoms with Crippen molar-refractivity contribution in [2.75, 3.05) is 0 Å². The Hall–Kier alpha value is 0.690. The fourth-order valence-electron chi connectivity index (χ4n) is 1.83. The van der Waals surface area contributed by atoms with Crippen LogP contribution in [0.2, 0.25) is 0 Å². The van der Waals surface area contributed by atoms with Crippen molar-refractivity contribution in [3.8, 4) is 0 Å². The van der Waals surface area contributed by atoms with E-state index in [2.05, 4.69) is 13.8 Å². The van der Waals surface area contributed by atoms with Gasteiger partial charge in [0.1, 0.15) is 23.0 Å². The lowest BCUT2D eigenvalue weighted by molar-refractivity contribution is 0.152. The molecule has 2 heteroatoms. The van der Waals surface area contributed by atoms with Crippen LogP contribution in [0.25, 0.3) is 0 Å². The average Bonchev–Trinajstić information content (AvgIpc) is 2.05. The fraction of sp³-hybridized carbons (Fsp3) is 1.00. The second-order valence-corrected chi connectivity index (χ2v) is 4.32. The Morgan fingerprint density at radius 1 is 1.27 bits per heavy atom. The Morgan fingerprint density at radius 2 is 1.82 bits per heavy atom. The minimum atomic E-state index is 0.461. The maximum atomic E-state index is 5.29. The van der Waals surface area contributed by atoms with Gasteiger partial charge in [0, 0.05) is 0 Å². The molecule has 0 saturated heterocycles. The van der Waals surface area contributed by atoms with Crippen LogP contribution < -0.4 is 0 Å². The summed E-state index contributed by atoms with van der Waals surface area (Å²) in [6, 6.07) is 0. The van der Waals surface area contributed by atoms with Crippen molar-refractivity contribution < 1.29 is 3.07 Å². The van der Waals surface area contributed by atoms with Gasteiger partial charge in [-0.05, 0) is 31.6 Å². The minimum Gasteiger partial charge on any atom is -0.312 e. The molecule has 1 nitrogen and oxygen atoms in total. The molecule has 66 valence electrons. The predicted octanol–water partition coefficient (Wildman–Crippen LogP) is 3.57. The van der Waals surface area contributed by atoms with Gasteiger partial charge in [-0.2, -0.15) is 0 Å². The maximum absolute atomic E-state index is 5.29. The molecule has 0 N–H and O–H groups in total. The van der Waals surface area contributed by atoms with Gasteiger partial charge in [-0.1, -0.05) is 19.8 Å². The fourth-order valence-corrected chi connectivity index (χ4v) is 2.24. The Balaban J connectivity index is 2.27. The first-order valence-electron chi connectivity index (χ1n) is 4.51. The monoisotopic (exact) mass is 268 g/mol. The summed E-state index contributed by atoms with van der Waals surface area (Å²) in [5, 5.41) is 0. The lowest BCUT2D eigenvalue weighted by atomic mass is 9.81. The third kappa shape index (κ3) is 2.90. The van der Waals surface area contributed by atoms with Crippen molar-refractivity contribution in [2.45, 2.75) is 45.6 Å². The van der Waals surface area contributed by atoms with E-state index in [9.17, 15) is 0 Å². The highest BCUT2D eigenvalue weighted by atomic mass is 127. The zero-order valence-electron chi connectivity index (χ0n) is 7.35. The Morgan fingerprint density at radius 3 is 2.27 bits per heavy atom. The summed E-state index contributed by atoms with van der Waals surface area (Å²) < 4.78 is 5.29. The second-order valence-electron chi connectivity index (χ2n) is 3.81. The van der Waals surface area contributed by atoms with E-state index in [0.717, 1.165) is 11.8 Å². The number of hydrogen-bond acceptors (Lipinski definition) is 1. The molecular formula is C9H17IO. The van der Waals surface area contributed by atoms with Gasteiger partial charge in [0.25, 0.3) is 0 Å². The van der Waals surface area contributed by atoms with Crippen molar-refractivity contribution in [2.24, 2.45) is 11.8 Å². The summed E-state index contributed by atoms with van der Waals surface area (Å²) in [7, 11) is 0. The van der Waals surface area contributed by atoms with E-state index in [4.69, 9.17) is 3.07 Å². The van der Waals surface area contributed by atoms with Crippen LogP contribution in [0.5, 0.6) is 0 Å². The van der Waals surface area contributed by atoms with Gasteiger partial charge in [0.15, 0.2) is 0 Å². The van der Waals surface area contributed by atoms with Gasteiger partial charge in [-0.3, -0.25) is 0 Å². The molecule has 0 radical (unpaired) electrons. The normalized spacial score (nSPS) is 35.2. The molecule has 1 fully saturated rings. The molecule has 1 aliphatic carbocycles. The first kappa shape index (κ1) is 9.78. The van der Waals surface area contributed by atoms with E-state index in [0.29, 0.717) is 6.10 Å². The number of hydrogen-bond donors (Lipinski definition) is 0. The molecule has 0 aliphatic heterocycles. The molecule has 1 aliphatic rings. The first-order chi connectivity index (χ1) is 5.24. The molecule has 0 aromatic carbocycles. The molecule has 0 heterocycles. The van der Waals surface area contributed by atoms with Crippen molar-refractivity contribution in [3.63, 3.8) is 0 Å². The largest absolute Gasteiger partial charge is 0.312 e. The summed E-state index contributed by atoms with van der Waals surface area (Å²) >= 11 is 2.02. The Bertz CT molecular complexity index is 108. The highest BCUT2D eigenvalue weighted by Gasteiger charge is 2.23. The lowest BCUT2D eigenvalue weighted by Crippen LogP contribution is -2.22. The van der Waals surface area contributed by atoms with Gasteiger partial charge in [0.2, 0.25) is 0 Å². The lowest BCUT2D eigenvalue weighted by Gasteiger charge is -2.29. The zero-order chi connectivity index (χ0) is 8.27. The molecule has 1 unspecified atom stereocenters. The summed E-state index contributed by atoms with van der Waals surface area (Å²) in [6.45, 7) is 4.54. The maximum Gasteiger partial charge on any atom is 0.110 e. The van der Waals surface area contributed by atoms with Gasteiger partial charge in [-0.15, -0.1) is 0 Å². The smallest absolute Gasteiger partial charge is 0.110 e. The number of rotatable bonds is 2. The standard InChI is InChI=1S/C9H17IO/c1-7-3-5-9(6-4-7)8(2)11-10/h7-9H,3-6H2,1-2H3. The molecular weight excluding hydrogens is 251 g/mol. The van der Waals surface area contributed by atoms with E-state index >= 15 is 0 Å². The minimum absolute atomic E-state index is 0.461. The van der Waals surface area contributed by atoms with Crippen LogP contribution in [0.15, 0.2) is 0 Å². The van der Waals surface area contributed by atoms with E-state index in [1.807, 2.05) is 23.0 Å². The number of halogens is 1. The van der Waals surface area contributed by atoms with Crippen LogP contribution in [0.4, 0.5) is 0 Å². The van der Waals surface area contributed by atoms with E-state index in [1.54, 1.807) is 0 Å². The SMILES string of the molecule is CC1CCC(C(C)OI)CC1. The molecule has 1 saturated carbocycles. The van der Waals surface area contributed by atoms with Crippen LogP contribution >= 0.6 is 23.0 Å². The van der Waals surface area contributed by atoms with E-state index in [-0.39, 0.29) is 0 Å². The van der Waals surface area contributed by atoms with Gasteiger partial charge >= 0.3 is 0 Å². The molecule has 0 aromatic heterocycles. The van der Waals surface area contributed by atoms with Gasteiger partial charge in [0.05, 0.1) is 6.10 Å². The first-order valence-corrected chi connectivity index (χ1v) is 5.39. The molecule has 0 amide bonds. The Kier molecular flexibility index (Phi) is 4.13. The summed E-state index contributed by atoms with van der Waals surface area (Å²) in [6.07, 6.45) is 5.99. The summed E-state index contributed by atoms with van der Waals surface area (Å²) in [5.41, 5.74) is 0. The van der Waals surface area contributed by atoms with Crippen LogP contribution in [-0.4, -0.2) is 6.10 Å². The van der Waals surface area contributed by atoms with Crippen molar-refractivity contribution in [1.82, 2.24) is 0 Å². The average molecular weight is 268 g/mol. The molecule has 0 bridgehead atoms. The zero-order valence-corrected chi connectivity index (χ0v) is 9.50. The molecule has 1 atom stereocenters. The summed E-state index contributed by atoms with van der Waals surface area (Å²) in [4.78, 5) is 0. The van der Waals surface area contributed by atoms with Gasteiger partial charge < -0.3 is 3.07 Å². The van der Waals surface area contributed by atoms with E-state index in [1.165, 1.54) is 25.7 Å². The van der Waals surface area contributed by atoms with Crippen molar-refractivity contribution in [1.29, 1.82) is 0 Å².